The average molecular weight is 394 g/mol. The second kappa shape index (κ2) is 7.95. The Balaban J connectivity index is 1.67. The van der Waals surface area contributed by atoms with E-state index in [4.69, 9.17) is 9.15 Å². The lowest BCUT2D eigenvalue weighted by atomic mass is 10.2. The largest absolute Gasteiger partial charge is 0.495 e. The Bertz CT molecular complexity index is 887. The normalized spacial score (nSPS) is 16.8. The molecular weight excluding hydrogens is 368 g/mol. The summed E-state index contributed by atoms with van der Waals surface area (Å²) in [5.74, 6) is 1.75. The topological polar surface area (TPSA) is 88.8 Å². The quantitative estimate of drug-likeness (QED) is 0.740. The second-order valence-corrected chi connectivity index (χ2v) is 8.93. The van der Waals surface area contributed by atoms with Crippen molar-refractivity contribution in [3.8, 4) is 5.75 Å². The van der Waals surface area contributed by atoms with Crippen LogP contribution in [-0.2, 0) is 16.6 Å². The van der Waals surface area contributed by atoms with Gasteiger partial charge in [0.15, 0.2) is 0 Å². The highest BCUT2D eigenvalue weighted by molar-refractivity contribution is 7.89. The standard InChI is InChI=1S/C18H26N4O4S/c1-13(2)18-20-19-17(26-18)12-21-7-9-22(10-8-21)27(23,24)16-11-14(3)5-6-15(16)25-4/h5-6,11,13H,7-10,12H2,1-4H3. The summed E-state index contributed by atoms with van der Waals surface area (Å²) < 4.78 is 38.5. The molecule has 1 aromatic carbocycles. The van der Waals surface area contributed by atoms with Gasteiger partial charge >= 0.3 is 0 Å². The Morgan fingerprint density at radius 3 is 2.48 bits per heavy atom. The highest BCUT2D eigenvalue weighted by atomic mass is 32.2. The molecule has 0 saturated carbocycles. The van der Waals surface area contributed by atoms with Gasteiger partial charge in [0.05, 0.1) is 13.7 Å². The molecule has 148 valence electrons. The molecule has 9 heteroatoms. The van der Waals surface area contributed by atoms with Gasteiger partial charge in [-0.3, -0.25) is 4.90 Å². The van der Waals surface area contributed by atoms with Crippen LogP contribution in [0.4, 0.5) is 0 Å². The van der Waals surface area contributed by atoms with E-state index in [1.54, 1.807) is 12.1 Å². The predicted molar refractivity (Wildman–Crippen MR) is 100 cm³/mol. The Hall–Kier alpha value is -1.97. The maximum atomic E-state index is 13.0. The van der Waals surface area contributed by atoms with E-state index in [0.29, 0.717) is 50.3 Å². The molecule has 2 heterocycles. The minimum absolute atomic E-state index is 0.192. The molecule has 0 bridgehead atoms. The number of piperazine rings is 1. The number of benzene rings is 1. The molecule has 0 radical (unpaired) electrons. The molecule has 1 aliphatic rings. The smallest absolute Gasteiger partial charge is 0.246 e. The predicted octanol–water partition coefficient (Wildman–Crippen LogP) is 2.02. The van der Waals surface area contributed by atoms with Crippen molar-refractivity contribution in [1.82, 2.24) is 19.4 Å². The maximum Gasteiger partial charge on any atom is 0.246 e. The van der Waals surface area contributed by atoms with Crippen LogP contribution in [0.15, 0.2) is 27.5 Å². The van der Waals surface area contributed by atoms with Crippen molar-refractivity contribution in [2.24, 2.45) is 0 Å². The summed E-state index contributed by atoms with van der Waals surface area (Å²) in [6.45, 7) is 8.42. The lowest BCUT2D eigenvalue weighted by Gasteiger charge is -2.33. The van der Waals surface area contributed by atoms with Crippen molar-refractivity contribution in [2.75, 3.05) is 33.3 Å². The number of hydrogen-bond donors (Lipinski definition) is 0. The molecule has 1 saturated heterocycles. The molecule has 2 aromatic rings. The van der Waals surface area contributed by atoms with Crippen LogP contribution in [-0.4, -0.2) is 61.1 Å². The molecule has 0 spiro atoms. The van der Waals surface area contributed by atoms with Crippen LogP contribution in [0, 0.1) is 6.92 Å². The molecule has 1 aliphatic heterocycles. The first kappa shape index (κ1) is 19.8. The third-order valence-electron chi connectivity index (χ3n) is 4.60. The minimum atomic E-state index is -3.60. The van der Waals surface area contributed by atoms with E-state index in [2.05, 4.69) is 15.1 Å². The number of ether oxygens (including phenoxy) is 1. The number of aromatic nitrogens is 2. The van der Waals surface area contributed by atoms with Gasteiger partial charge in [-0.15, -0.1) is 10.2 Å². The SMILES string of the molecule is COc1ccc(C)cc1S(=O)(=O)N1CCN(Cc2nnc(C(C)C)o2)CC1. The van der Waals surface area contributed by atoms with E-state index in [1.807, 2.05) is 26.8 Å². The third kappa shape index (κ3) is 4.31. The van der Waals surface area contributed by atoms with Gasteiger partial charge in [-0.2, -0.15) is 4.31 Å². The molecule has 8 nitrogen and oxygen atoms in total. The van der Waals surface area contributed by atoms with Gasteiger partial charge in [0.1, 0.15) is 10.6 Å². The third-order valence-corrected chi connectivity index (χ3v) is 6.52. The molecule has 27 heavy (non-hydrogen) atoms. The van der Waals surface area contributed by atoms with E-state index in [1.165, 1.54) is 11.4 Å². The van der Waals surface area contributed by atoms with E-state index < -0.39 is 10.0 Å². The van der Waals surface area contributed by atoms with Gasteiger partial charge in [-0.05, 0) is 24.6 Å². The summed E-state index contributed by atoms with van der Waals surface area (Å²) in [5.41, 5.74) is 0.880. The fraction of sp³-hybridized carbons (Fsp3) is 0.556. The molecule has 1 fully saturated rings. The van der Waals surface area contributed by atoms with E-state index >= 15 is 0 Å². The highest BCUT2D eigenvalue weighted by Crippen LogP contribution is 2.28. The van der Waals surface area contributed by atoms with Crippen LogP contribution in [0.5, 0.6) is 5.75 Å². The van der Waals surface area contributed by atoms with E-state index in [9.17, 15) is 8.42 Å². The van der Waals surface area contributed by atoms with E-state index in [0.717, 1.165) is 5.56 Å². The zero-order valence-electron chi connectivity index (χ0n) is 16.2. The average Bonchev–Trinajstić information content (AvgIpc) is 3.11. The van der Waals surface area contributed by atoms with Gasteiger partial charge in [0.2, 0.25) is 21.8 Å². The first-order chi connectivity index (χ1) is 12.8. The number of rotatable bonds is 6. The Labute approximate surface area is 160 Å². The summed E-state index contributed by atoms with van der Waals surface area (Å²) in [6.07, 6.45) is 0. The van der Waals surface area contributed by atoms with Gasteiger partial charge in [0.25, 0.3) is 0 Å². The molecule has 0 unspecified atom stereocenters. The van der Waals surface area contributed by atoms with Gasteiger partial charge in [-0.1, -0.05) is 19.9 Å². The van der Waals surface area contributed by atoms with Crippen LogP contribution < -0.4 is 4.74 Å². The summed E-state index contributed by atoms with van der Waals surface area (Å²) in [4.78, 5) is 2.34. The zero-order valence-corrected chi connectivity index (χ0v) is 17.0. The Morgan fingerprint density at radius 2 is 1.89 bits per heavy atom. The number of hydrogen-bond acceptors (Lipinski definition) is 7. The van der Waals surface area contributed by atoms with Crippen molar-refractivity contribution in [2.45, 2.75) is 38.1 Å². The van der Waals surface area contributed by atoms with Crippen LogP contribution in [0.25, 0.3) is 0 Å². The Kier molecular flexibility index (Phi) is 5.83. The van der Waals surface area contributed by atoms with Crippen LogP contribution in [0.3, 0.4) is 0 Å². The number of nitrogens with zero attached hydrogens (tertiary/aromatic N) is 4. The van der Waals surface area contributed by atoms with Crippen LogP contribution in [0.1, 0.15) is 37.1 Å². The molecule has 0 aliphatic carbocycles. The Morgan fingerprint density at radius 1 is 1.19 bits per heavy atom. The molecule has 0 atom stereocenters. The van der Waals surface area contributed by atoms with Crippen molar-refractivity contribution in [1.29, 1.82) is 0 Å². The molecule has 0 N–H and O–H groups in total. The summed E-state index contributed by atoms with van der Waals surface area (Å²) in [6, 6.07) is 5.19. The van der Waals surface area contributed by atoms with Crippen molar-refractivity contribution in [3.05, 3.63) is 35.5 Å². The van der Waals surface area contributed by atoms with Crippen molar-refractivity contribution < 1.29 is 17.6 Å². The monoisotopic (exact) mass is 394 g/mol. The van der Waals surface area contributed by atoms with Crippen molar-refractivity contribution in [3.63, 3.8) is 0 Å². The zero-order chi connectivity index (χ0) is 19.6. The molecule has 3 rings (SSSR count). The van der Waals surface area contributed by atoms with Crippen LogP contribution >= 0.6 is 0 Å². The highest BCUT2D eigenvalue weighted by Gasteiger charge is 2.31. The molecular formula is C18H26N4O4S. The summed E-state index contributed by atoms with van der Waals surface area (Å²) >= 11 is 0. The summed E-state index contributed by atoms with van der Waals surface area (Å²) in [7, 11) is -2.12. The fourth-order valence-corrected chi connectivity index (χ4v) is 4.67. The number of methoxy groups -OCH3 is 1. The minimum Gasteiger partial charge on any atom is -0.495 e. The number of aryl methyl sites for hydroxylation is 1. The first-order valence-corrected chi connectivity index (χ1v) is 10.4. The molecule has 1 aromatic heterocycles. The maximum absolute atomic E-state index is 13.0. The first-order valence-electron chi connectivity index (χ1n) is 9.00. The van der Waals surface area contributed by atoms with Gasteiger partial charge in [-0.25, -0.2) is 8.42 Å². The molecule has 0 amide bonds. The fourth-order valence-electron chi connectivity index (χ4n) is 3.01. The van der Waals surface area contributed by atoms with Crippen LogP contribution in [0.2, 0.25) is 0 Å². The van der Waals surface area contributed by atoms with Crippen molar-refractivity contribution >= 4 is 10.0 Å². The lowest BCUT2D eigenvalue weighted by molar-refractivity contribution is 0.167. The summed E-state index contributed by atoms with van der Waals surface area (Å²) in [5, 5.41) is 8.11. The second-order valence-electron chi connectivity index (χ2n) is 7.02. The lowest BCUT2D eigenvalue weighted by Crippen LogP contribution is -2.48. The van der Waals surface area contributed by atoms with Gasteiger partial charge < -0.3 is 9.15 Å². The number of sulfonamides is 1. The van der Waals surface area contributed by atoms with E-state index in [-0.39, 0.29) is 10.8 Å². The van der Waals surface area contributed by atoms with Gasteiger partial charge in [0, 0.05) is 32.1 Å².